The number of furan rings is 1. The average Bonchev–Trinajstić information content (AvgIpc) is 2.70. The van der Waals surface area contributed by atoms with Crippen LogP contribution in [0.3, 0.4) is 0 Å². The summed E-state index contributed by atoms with van der Waals surface area (Å²) >= 11 is 5.75. The molecule has 1 heterocycles. The Kier molecular flexibility index (Phi) is 3.55. The first kappa shape index (κ1) is 12.2. The van der Waals surface area contributed by atoms with Crippen LogP contribution in [0.5, 0.6) is 0 Å². The fourth-order valence-corrected chi connectivity index (χ4v) is 2.17. The highest BCUT2D eigenvalue weighted by atomic mass is 35.5. The minimum absolute atomic E-state index is 0.151. The molecule has 0 amide bonds. The monoisotopic (exact) mass is 249 g/mol. The maximum absolute atomic E-state index is 6.13. The van der Waals surface area contributed by atoms with Gasteiger partial charge in [-0.3, -0.25) is 0 Å². The van der Waals surface area contributed by atoms with Crippen LogP contribution in [-0.2, 0) is 6.42 Å². The van der Waals surface area contributed by atoms with E-state index in [-0.39, 0.29) is 6.04 Å². The van der Waals surface area contributed by atoms with Gasteiger partial charge in [0.05, 0.1) is 6.04 Å². The standard InChI is InChI=1S/C14H16ClNO/c1-9-4-3-5-10(2)11(9)8-12(16)13-6-7-14(15)17-13/h3-7,12H,8,16H2,1-2H3. The molecular weight excluding hydrogens is 234 g/mol. The summed E-state index contributed by atoms with van der Waals surface area (Å²) in [5.74, 6) is 0.734. The highest BCUT2D eigenvalue weighted by molar-refractivity contribution is 6.28. The van der Waals surface area contributed by atoms with Gasteiger partial charge in [-0.25, -0.2) is 0 Å². The third kappa shape index (κ3) is 2.71. The van der Waals surface area contributed by atoms with Crippen molar-refractivity contribution in [3.63, 3.8) is 0 Å². The summed E-state index contributed by atoms with van der Waals surface area (Å²) in [6.45, 7) is 4.20. The normalized spacial score (nSPS) is 12.7. The fourth-order valence-electron chi connectivity index (χ4n) is 2.02. The van der Waals surface area contributed by atoms with Crippen molar-refractivity contribution in [1.29, 1.82) is 0 Å². The van der Waals surface area contributed by atoms with E-state index in [4.69, 9.17) is 21.8 Å². The number of halogens is 1. The Morgan fingerprint density at radius 1 is 1.18 bits per heavy atom. The Bertz CT molecular complexity index is 498. The maximum atomic E-state index is 6.13. The Balaban J connectivity index is 2.21. The van der Waals surface area contributed by atoms with E-state index in [9.17, 15) is 0 Å². The largest absolute Gasteiger partial charge is 0.448 e. The minimum atomic E-state index is -0.151. The SMILES string of the molecule is Cc1cccc(C)c1CC(N)c1ccc(Cl)o1. The average molecular weight is 250 g/mol. The van der Waals surface area contributed by atoms with Crippen LogP contribution >= 0.6 is 11.6 Å². The fraction of sp³-hybridized carbons (Fsp3) is 0.286. The van der Waals surface area contributed by atoms with E-state index in [2.05, 4.69) is 32.0 Å². The van der Waals surface area contributed by atoms with E-state index in [1.807, 2.05) is 6.07 Å². The van der Waals surface area contributed by atoms with Gasteiger partial charge in [-0.05, 0) is 60.7 Å². The second-order valence-corrected chi connectivity index (χ2v) is 4.70. The van der Waals surface area contributed by atoms with E-state index in [1.165, 1.54) is 16.7 Å². The van der Waals surface area contributed by atoms with E-state index in [1.54, 1.807) is 6.07 Å². The molecule has 90 valence electrons. The molecule has 1 aromatic heterocycles. The van der Waals surface area contributed by atoms with Crippen LogP contribution in [0.2, 0.25) is 5.22 Å². The molecule has 2 nitrogen and oxygen atoms in total. The Morgan fingerprint density at radius 2 is 1.82 bits per heavy atom. The van der Waals surface area contributed by atoms with Crippen LogP contribution in [0.25, 0.3) is 0 Å². The molecule has 3 heteroatoms. The number of benzene rings is 1. The van der Waals surface area contributed by atoms with Crippen LogP contribution in [0.15, 0.2) is 34.7 Å². The third-order valence-corrected chi connectivity index (χ3v) is 3.23. The van der Waals surface area contributed by atoms with Gasteiger partial charge in [-0.1, -0.05) is 18.2 Å². The molecule has 0 radical (unpaired) electrons. The summed E-state index contributed by atoms with van der Waals surface area (Å²) in [6, 6.07) is 9.67. The molecule has 0 fully saturated rings. The van der Waals surface area contributed by atoms with Crippen LogP contribution in [-0.4, -0.2) is 0 Å². The molecule has 0 saturated heterocycles. The summed E-state index contributed by atoms with van der Waals surface area (Å²) in [6.07, 6.45) is 0.766. The molecule has 17 heavy (non-hydrogen) atoms. The predicted molar refractivity (Wildman–Crippen MR) is 70.3 cm³/mol. The summed E-state index contributed by atoms with van der Waals surface area (Å²) in [5, 5.41) is 0.386. The highest BCUT2D eigenvalue weighted by Crippen LogP contribution is 2.24. The molecule has 0 aliphatic carbocycles. The van der Waals surface area contributed by atoms with Gasteiger partial charge in [-0.2, -0.15) is 0 Å². The summed E-state index contributed by atoms with van der Waals surface area (Å²) in [7, 11) is 0. The minimum Gasteiger partial charge on any atom is -0.448 e. The molecule has 1 unspecified atom stereocenters. The van der Waals surface area contributed by atoms with Crippen molar-refractivity contribution >= 4 is 11.6 Å². The lowest BCUT2D eigenvalue weighted by Crippen LogP contribution is -2.14. The van der Waals surface area contributed by atoms with Gasteiger partial charge in [0.2, 0.25) is 0 Å². The molecule has 2 rings (SSSR count). The molecule has 1 aromatic carbocycles. The van der Waals surface area contributed by atoms with Gasteiger partial charge >= 0.3 is 0 Å². The molecule has 1 atom stereocenters. The van der Waals surface area contributed by atoms with E-state index in [0.29, 0.717) is 5.22 Å². The van der Waals surface area contributed by atoms with Crippen molar-refractivity contribution in [3.8, 4) is 0 Å². The summed E-state index contributed by atoms with van der Waals surface area (Å²) < 4.78 is 5.34. The lowest BCUT2D eigenvalue weighted by Gasteiger charge is -2.13. The number of nitrogens with two attached hydrogens (primary N) is 1. The Labute approximate surface area is 106 Å². The van der Waals surface area contributed by atoms with Gasteiger partial charge in [0.15, 0.2) is 5.22 Å². The van der Waals surface area contributed by atoms with Crippen molar-refractivity contribution in [2.75, 3.05) is 0 Å². The van der Waals surface area contributed by atoms with Crippen molar-refractivity contribution in [1.82, 2.24) is 0 Å². The Hall–Kier alpha value is -1.25. The van der Waals surface area contributed by atoms with Crippen molar-refractivity contribution < 1.29 is 4.42 Å². The molecule has 2 N–H and O–H groups in total. The van der Waals surface area contributed by atoms with Gasteiger partial charge in [0, 0.05) is 0 Å². The van der Waals surface area contributed by atoms with Crippen LogP contribution in [0.4, 0.5) is 0 Å². The van der Waals surface area contributed by atoms with E-state index in [0.717, 1.165) is 12.2 Å². The molecule has 0 aliphatic rings. The van der Waals surface area contributed by atoms with Crippen LogP contribution in [0, 0.1) is 13.8 Å². The van der Waals surface area contributed by atoms with Crippen LogP contribution in [0.1, 0.15) is 28.5 Å². The maximum Gasteiger partial charge on any atom is 0.193 e. The Morgan fingerprint density at radius 3 is 2.35 bits per heavy atom. The summed E-state index contributed by atoms with van der Waals surface area (Å²) in [4.78, 5) is 0. The van der Waals surface area contributed by atoms with Crippen LogP contribution < -0.4 is 5.73 Å². The molecule has 2 aromatic rings. The van der Waals surface area contributed by atoms with Gasteiger partial charge in [-0.15, -0.1) is 0 Å². The lowest BCUT2D eigenvalue weighted by atomic mass is 9.96. The van der Waals surface area contributed by atoms with Gasteiger partial charge in [0.25, 0.3) is 0 Å². The van der Waals surface area contributed by atoms with E-state index < -0.39 is 0 Å². The second-order valence-electron chi connectivity index (χ2n) is 4.32. The first-order chi connectivity index (χ1) is 8.08. The van der Waals surface area contributed by atoms with Crippen molar-refractivity contribution in [2.45, 2.75) is 26.3 Å². The lowest BCUT2D eigenvalue weighted by molar-refractivity contribution is 0.465. The number of aryl methyl sites for hydroxylation is 2. The van der Waals surface area contributed by atoms with E-state index >= 15 is 0 Å². The zero-order chi connectivity index (χ0) is 12.4. The molecule has 0 saturated carbocycles. The number of hydrogen-bond acceptors (Lipinski definition) is 2. The first-order valence-electron chi connectivity index (χ1n) is 5.64. The van der Waals surface area contributed by atoms with Crippen molar-refractivity contribution in [3.05, 3.63) is 58.0 Å². The molecule has 0 spiro atoms. The number of rotatable bonds is 3. The van der Waals surface area contributed by atoms with Gasteiger partial charge in [0.1, 0.15) is 5.76 Å². The summed E-state index contributed by atoms with van der Waals surface area (Å²) in [5.41, 5.74) is 9.93. The quantitative estimate of drug-likeness (QED) is 0.899. The van der Waals surface area contributed by atoms with Crippen molar-refractivity contribution in [2.24, 2.45) is 5.73 Å². The highest BCUT2D eigenvalue weighted by Gasteiger charge is 2.13. The first-order valence-corrected chi connectivity index (χ1v) is 6.01. The number of hydrogen-bond donors (Lipinski definition) is 1. The molecular formula is C14H16ClNO. The second kappa shape index (κ2) is 4.94. The smallest absolute Gasteiger partial charge is 0.193 e. The third-order valence-electron chi connectivity index (χ3n) is 3.03. The molecule has 0 bridgehead atoms. The van der Waals surface area contributed by atoms with Gasteiger partial charge < -0.3 is 10.2 Å². The topological polar surface area (TPSA) is 39.2 Å². The zero-order valence-electron chi connectivity index (χ0n) is 10.0. The zero-order valence-corrected chi connectivity index (χ0v) is 10.8. The molecule has 0 aliphatic heterocycles. The predicted octanol–water partition coefficient (Wildman–Crippen LogP) is 3.79.